The molecule has 0 spiro atoms. The van der Waals surface area contributed by atoms with Crippen LogP contribution in [0, 0.1) is 0 Å². The molecule has 1 fully saturated rings. The number of furan rings is 1. The fraction of sp³-hybridized carbons (Fsp3) is 0.375. The summed E-state index contributed by atoms with van der Waals surface area (Å²) in [6, 6.07) is 12.8. The molecule has 3 nitrogen and oxygen atoms in total. The van der Waals surface area contributed by atoms with Gasteiger partial charge in [0.1, 0.15) is 0 Å². The summed E-state index contributed by atoms with van der Waals surface area (Å²) in [5, 5.41) is 0. The first-order chi connectivity index (χ1) is 9.40. The van der Waals surface area contributed by atoms with Crippen LogP contribution in [0.25, 0.3) is 0 Å². The Balaban J connectivity index is 1.47. The smallest absolute Gasteiger partial charge is 0.0947 e. The minimum Gasteiger partial charge on any atom is -0.472 e. The summed E-state index contributed by atoms with van der Waals surface area (Å²) in [6.07, 6.45) is 3.59. The fourth-order valence-electron chi connectivity index (χ4n) is 2.59. The van der Waals surface area contributed by atoms with Crippen molar-refractivity contribution in [2.24, 2.45) is 0 Å². The molecule has 0 atom stereocenters. The molecular weight excluding hydrogens is 236 g/mol. The first kappa shape index (κ1) is 12.5. The van der Waals surface area contributed by atoms with E-state index in [1.807, 2.05) is 6.26 Å². The second kappa shape index (κ2) is 6.04. The number of benzene rings is 1. The van der Waals surface area contributed by atoms with Gasteiger partial charge in [0, 0.05) is 44.8 Å². The van der Waals surface area contributed by atoms with E-state index in [9.17, 15) is 0 Å². The van der Waals surface area contributed by atoms with Gasteiger partial charge in [-0.25, -0.2) is 0 Å². The highest BCUT2D eigenvalue weighted by atomic mass is 16.3. The summed E-state index contributed by atoms with van der Waals surface area (Å²) < 4.78 is 5.12. The largest absolute Gasteiger partial charge is 0.472 e. The van der Waals surface area contributed by atoms with Crippen molar-refractivity contribution in [1.82, 2.24) is 9.80 Å². The Morgan fingerprint density at radius 1 is 0.789 bits per heavy atom. The van der Waals surface area contributed by atoms with Crippen molar-refractivity contribution in [3.63, 3.8) is 0 Å². The zero-order valence-corrected chi connectivity index (χ0v) is 11.2. The van der Waals surface area contributed by atoms with Crippen LogP contribution in [-0.4, -0.2) is 36.0 Å². The van der Waals surface area contributed by atoms with Crippen molar-refractivity contribution >= 4 is 0 Å². The summed E-state index contributed by atoms with van der Waals surface area (Å²) in [5.74, 6) is 0. The average molecular weight is 256 g/mol. The van der Waals surface area contributed by atoms with Crippen LogP contribution in [-0.2, 0) is 13.1 Å². The summed E-state index contributed by atoms with van der Waals surface area (Å²) in [5.41, 5.74) is 2.68. The molecule has 1 aliphatic heterocycles. The Morgan fingerprint density at radius 3 is 2.00 bits per heavy atom. The van der Waals surface area contributed by atoms with E-state index in [4.69, 9.17) is 4.42 Å². The molecule has 0 radical (unpaired) electrons. The molecule has 3 heteroatoms. The van der Waals surface area contributed by atoms with Crippen LogP contribution >= 0.6 is 0 Å². The second-order valence-electron chi connectivity index (χ2n) is 5.17. The van der Waals surface area contributed by atoms with Gasteiger partial charge in [-0.15, -0.1) is 0 Å². The van der Waals surface area contributed by atoms with Crippen LogP contribution in [0.15, 0.2) is 53.3 Å². The average Bonchev–Trinajstić information content (AvgIpc) is 2.95. The van der Waals surface area contributed by atoms with Crippen molar-refractivity contribution in [3.8, 4) is 0 Å². The number of piperazine rings is 1. The van der Waals surface area contributed by atoms with E-state index in [0.29, 0.717) is 0 Å². The Morgan fingerprint density at radius 2 is 1.42 bits per heavy atom. The predicted molar refractivity (Wildman–Crippen MR) is 75.7 cm³/mol. The fourth-order valence-corrected chi connectivity index (χ4v) is 2.59. The summed E-state index contributed by atoms with van der Waals surface area (Å²) in [4.78, 5) is 5.02. The quantitative estimate of drug-likeness (QED) is 0.838. The first-order valence-electron chi connectivity index (χ1n) is 6.90. The van der Waals surface area contributed by atoms with Gasteiger partial charge in [-0.1, -0.05) is 30.3 Å². The third-order valence-electron chi connectivity index (χ3n) is 3.70. The van der Waals surface area contributed by atoms with Crippen LogP contribution in [0.1, 0.15) is 11.1 Å². The maximum atomic E-state index is 5.12. The molecule has 2 heterocycles. The van der Waals surface area contributed by atoms with E-state index in [1.165, 1.54) is 11.1 Å². The molecule has 0 aliphatic carbocycles. The highest BCUT2D eigenvalue weighted by Gasteiger charge is 2.17. The van der Waals surface area contributed by atoms with E-state index < -0.39 is 0 Å². The van der Waals surface area contributed by atoms with Crippen molar-refractivity contribution in [3.05, 3.63) is 60.1 Å². The lowest BCUT2D eigenvalue weighted by Crippen LogP contribution is -2.45. The molecule has 100 valence electrons. The molecule has 0 N–H and O–H groups in total. The number of hydrogen-bond acceptors (Lipinski definition) is 3. The third kappa shape index (κ3) is 3.46. The highest BCUT2D eigenvalue weighted by Crippen LogP contribution is 2.11. The molecule has 0 amide bonds. The van der Waals surface area contributed by atoms with Gasteiger partial charge in [0.05, 0.1) is 12.5 Å². The van der Waals surface area contributed by atoms with Crippen LogP contribution in [0.2, 0.25) is 0 Å². The van der Waals surface area contributed by atoms with Crippen molar-refractivity contribution < 1.29 is 4.42 Å². The molecule has 19 heavy (non-hydrogen) atoms. The lowest BCUT2D eigenvalue weighted by atomic mass is 10.2. The van der Waals surface area contributed by atoms with E-state index >= 15 is 0 Å². The first-order valence-corrected chi connectivity index (χ1v) is 6.90. The molecular formula is C16H20N2O. The predicted octanol–water partition coefficient (Wildman–Crippen LogP) is 2.60. The maximum absolute atomic E-state index is 5.12. The molecule has 2 aromatic rings. The van der Waals surface area contributed by atoms with Crippen molar-refractivity contribution in [1.29, 1.82) is 0 Å². The third-order valence-corrected chi connectivity index (χ3v) is 3.70. The lowest BCUT2D eigenvalue weighted by molar-refractivity contribution is 0.122. The van der Waals surface area contributed by atoms with Crippen LogP contribution in [0.5, 0.6) is 0 Å². The Kier molecular flexibility index (Phi) is 3.96. The van der Waals surface area contributed by atoms with Gasteiger partial charge in [-0.2, -0.15) is 0 Å². The van der Waals surface area contributed by atoms with E-state index in [2.05, 4.69) is 46.2 Å². The molecule has 0 unspecified atom stereocenters. The standard InChI is InChI=1S/C16H20N2O/c1-2-4-15(5-3-1)12-17-7-9-18(10-8-17)13-16-6-11-19-14-16/h1-6,11,14H,7-10,12-13H2. The molecule has 1 aromatic carbocycles. The molecule has 3 rings (SSSR count). The van der Waals surface area contributed by atoms with Gasteiger partial charge < -0.3 is 4.42 Å². The SMILES string of the molecule is c1ccc(CN2CCN(Cc3ccoc3)CC2)cc1. The van der Waals surface area contributed by atoms with Gasteiger partial charge in [-0.05, 0) is 11.6 Å². The molecule has 0 bridgehead atoms. The second-order valence-corrected chi connectivity index (χ2v) is 5.17. The van der Waals surface area contributed by atoms with Crippen LogP contribution in [0.3, 0.4) is 0 Å². The van der Waals surface area contributed by atoms with Crippen molar-refractivity contribution in [2.75, 3.05) is 26.2 Å². The molecule has 1 aliphatic rings. The topological polar surface area (TPSA) is 19.6 Å². The monoisotopic (exact) mass is 256 g/mol. The number of rotatable bonds is 4. The minimum absolute atomic E-state index is 1.01. The number of hydrogen-bond donors (Lipinski definition) is 0. The van der Waals surface area contributed by atoms with Gasteiger partial charge in [0.15, 0.2) is 0 Å². The molecule has 0 saturated carbocycles. The van der Waals surface area contributed by atoms with Crippen molar-refractivity contribution in [2.45, 2.75) is 13.1 Å². The molecule has 1 saturated heterocycles. The molecule has 1 aromatic heterocycles. The normalized spacial score (nSPS) is 17.7. The maximum Gasteiger partial charge on any atom is 0.0947 e. The summed E-state index contributed by atoms with van der Waals surface area (Å²) in [7, 11) is 0. The van der Waals surface area contributed by atoms with Gasteiger partial charge in [-0.3, -0.25) is 9.80 Å². The summed E-state index contributed by atoms with van der Waals surface area (Å²) >= 11 is 0. The van der Waals surface area contributed by atoms with E-state index in [0.717, 1.165) is 39.3 Å². The van der Waals surface area contributed by atoms with Crippen LogP contribution < -0.4 is 0 Å². The van der Waals surface area contributed by atoms with Gasteiger partial charge >= 0.3 is 0 Å². The van der Waals surface area contributed by atoms with Crippen LogP contribution in [0.4, 0.5) is 0 Å². The van der Waals surface area contributed by atoms with Gasteiger partial charge in [0.25, 0.3) is 0 Å². The number of nitrogens with zero attached hydrogens (tertiary/aromatic N) is 2. The zero-order chi connectivity index (χ0) is 12.9. The van der Waals surface area contributed by atoms with Gasteiger partial charge in [0.2, 0.25) is 0 Å². The Hall–Kier alpha value is -1.58. The summed E-state index contributed by atoms with van der Waals surface area (Å²) in [6.45, 7) is 6.64. The van der Waals surface area contributed by atoms with E-state index in [-0.39, 0.29) is 0 Å². The Bertz CT molecular complexity index is 473. The zero-order valence-electron chi connectivity index (χ0n) is 11.2. The van der Waals surface area contributed by atoms with E-state index in [1.54, 1.807) is 6.26 Å². The Labute approximate surface area is 114 Å². The minimum atomic E-state index is 1.01. The highest BCUT2D eigenvalue weighted by molar-refractivity contribution is 5.14. The lowest BCUT2D eigenvalue weighted by Gasteiger charge is -2.34.